The summed E-state index contributed by atoms with van der Waals surface area (Å²) in [6.45, 7) is 2.12. The zero-order valence-electron chi connectivity index (χ0n) is 13.9. The third-order valence-electron chi connectivity index (χ3n) is 3.28. The average molecular weight is 410 g/mol. The summed E-state index contributed by atoms with van der Waals surface area (Å²) < 4.78 is 5.55. The first-order chi connectivity index (χ1) is 12.6. The van der Waals surface area contributed by atoms with Crippen molar-refractivity contribution < 1.29 is 9.21 Å². The van der Waals surface area contributed by atoms with Crippen molar-refractivity contribution in [2.75, 3.05) is 11.1 Å². The monoisotopic (exact) mass is 409 g/mol. The van der Waals surface area contributed by atoms with Crippen molar-refractivity contribution in [1.29, 1.82) is 0 Å². The first-order valence-electron chi connectivity index (χ1n) is 7.98. The summed E-state index contributed by atoms with van der Waals surface area (Å²) >= 11 is 8.42. The number of aromatic nitrogens is 4. The lowest BCUT2D eigenvalue weighted by Crippen LogP contribution is -2.13. The lowest BCUT2D eigenvalue weighted by Gasteiger charge is -1.98. The molecular formula is C16H16ClN5O2S2. The van der Waals surface area contributed by atoms with Crippen LogP contribution in [-0.2, 0) is 11.2 Å². The van der Waals surface area contributed by atoms with Crippen molar-refractivity contribution in [2.24, 2.45) is 0 Å². The van der Waals surface area contributed by atoms with Crippen LogP contribution < -0.4 is 5.32 Å². The number of carbonyl (C=O) groups excluding carboxylic acids is 1. The molecule has 1 aromatic carbocycles. The molecule has 0 atom stereocenters. The summed E-state index contributed by atoms with van der Waals surface area (Å²) in [5.41, 5.74) is 0.770. The quantitative estimate of drug-likeness (QED) is 0.553. The number of halogens is 1. The van der Waals surface area contributed by atoms with Gasteiger partial charge in [-0.05, 0) is 30.7 Å². The van der Waals surface area contributed by atoms with Crippen LogP contribution in [0.15, 0.2) is 33.9 Å². The van der Waals surface area contributed by atoms with Crippen molar-refractivity contribution in [3.05, 3.63) is 34.3 Å². The number of anilines is 1. The molecule has 0 radical (unpaired) electrons. The molecule has 26 heavy (non-hydrogen) atoms. The summed E-state index contributed by atoms with van der Waals surface area (Å²) in [6.07, 6.45) is 3.04. The Kier molecular flexibility index (Phi) is 6.59. The second-order valence-corrected chi connectivity index (χ2v) is 7.75. The molecule has 10 heteroatoms. The Hall–Kier alpha value is -1.97. The Morgan fingerprint density at radius 2 is 2.04 bits per heavy atom. The van der Waals surface area contributed by atoms with Gasteiger partial charge in [-0.15, -0.1) is 20.4 Å². The minimum atomic E-state index is -0.195. The third kappa shape index (κ3) is 5.26. The maximum Gasteiger partial charge on any atom is 0.277 e. The average Bonchev–Trinajstić information content (AvgIpc) is 3.28. The van der Waals surface area contributed by atoms with Crippen molar-refractivity contribution in [3.63, 3.8) is 0 Å². The van der Waals surface area contributed by atoms with E-state index in [9.17, 15) is 4.79 Å². The van der Waals surface area contributed by atoms with Gasteiger partial charge in [0.05, 0.1) is 5.75 Å². The number of aryl methyl sites for hydroxylation is 1. The van der Waals surface area contributed by atoms with Crippen molar-refractivity contribution in [3.8, 4) is 11.5 Å². The van der Waals surface area contributed by atoms with E-state index >= 15 is 0 Å². The lowest BCUT2D eigenvalue weighted by molar-refractivity contribution is -0.113. The molecule has 0 aliphatic carbocycles. The number of rotatable bonds is 8. The zero-order valence-corrected chi connectivity index (χ0v) is 16.3. The Morgan fingerprint density at radius 1 is 1.23 bits per heavy atom. The molecule has 0 unspecified atom stereocenters. The fourth-order valence-corrected chi connectivity index (χ4v) is 3.48. The highest BCUT2D eigenvalue weighted by Gasteiger charge is 2.13. The molecule has 0 bridgehead atoms. The Balaban J connectivity index is 1.50. The molecule has 1 N–H and O–H groups in total. The van der Waals surface area contributed by atoms with Crippen LogP contribution in [0.4, 0.5) is 5.13 Å². The van der Waals surface area contributed by atoms with Crippen LogP contribution in [0.1, 0.15) is 24.8 Å². The van der Waals surface area contributed by atoms with Crippen LogP contribution in [0.3, 0.4) is 0 Å². The van der Waals surface area contributed by atoms with Crippen LogP contribution in [0.2, 0.25) is 5.02 Å². The van der Waals surface area contributed by atoms with Gasteiger partial charge in [-0.2, -0.15) is 0 Å². The minimum absolute atomic E-state index is 0.145. The highest BCUT2D eigenvalue weighted by atomic mass is 35.5. The Bertz CT molecular complexity index is 866. The van der Waals surface area contributed by atoms with Crippen LogP contribution in [0.5, 0.6) is 0 Å². The predicted molar refractivity (Wildman–Crippen MR) is 103 cm³/mol. The van der Waals surface area contributed by atoms with Crippen molar-refractivity contribution >= 4 is 45.7 Å². The molecule has 136 valence electrons. The van der Waals surface area contributed by atoms with E-state index in [1.807, 2.05) is 0 Å². The zero-order chi connectivity index (χ0) is 18.4. The number of carbonyl (C=O) groups is 1. The molecule has 0 aliphatic rings. The van der Waals surface area contributed by atoms with Gasteiger partial charge in [-0.1, -0.05) is 48.0 Å². The number of hydrogen-bond acceptors (Lipinski definition) is 8. The highest BCUT2D eigenvalue weighted by Crippen LogP contribution is 2.24. The molecule has 0 fully saturated rings. The van der Waals surface area contributed by atoms with Gasteiger partial charge >= 0.3 is 0 Å². The molecule has 0 aliphatic heterocycles. The number of benzene rings is 1. The van der Waals surface area contributed by atoms with Crippen LogP contribution >= 0.6 is 34.7 Å². The van der Waals surface area contributed by atoms with Gasteiger partial charge in [0.1, 0.15) is 5.01 Å². The summed E-state index contributed by atoms with van der Waals surface area (Å²) in [7, 11) is 0. The molecule has 2 heterocycles. The highest BCUT2D eigenvalue weighted by molar-refractivity contribution is 7.99. The van der Waals surface area contributed by atoms with E-state index in [2.05, 4.69) is 32.6 Å². The molecular weight excluding hydrogens is 394 g/mol. The van der Waals surface area contributed by atoms with Gasteiger partial charge in [0.2, 0.25) is 16.9 Å². The maximum atomic E-state index is 12.0. The Labute approximate surface area is 163 Å². The largest absolute Gasteiger partial charge is 0.411 e. The van der Waals surface area contributed by atoms with E-state index < -0.39 is 0 Å². The fourth-order valence-electron chi connectivity index (χ4n) is 1.99. The number of hydrogen-bond donors (Lipinski definition) is 1. The molecule has 0 spiro atoms. The van der Waals surface area contributed by atoms with E-state index in [1.165, 1.54) is 23.1 Å². The van der Waals surface area contributed by atoms with Gasteiger partial charge in [-0.3, -0.25) is 10.1 Å². The second kappa shape index (κ2) is 9.11. The first-order valence-corrected chi connectivity index (χ1v) is 10.2. The maximum absolute atomic E-state index is 12.0. The van der Waals surface area contributed by atoms with Gasteiger partial charge < -0.3 is 4.42 Å². The summed E-state index contributed by atoms with van der Waals surface area (Å²) in [5, 5.41) is 21.1. The number of unbranched alkanes of at least 4 members (excludes halogenated alkanes) is 1. The standard InChI is InChI=1S/C16H16ClN5O2S2/c1-2-3-4-13-19-21-15(26-13)18-12(23)9-25-16-22-20-14(24-16)10-5-7-11(17)8-6-10/h5-8H,2-4,9H2,1H3,(H,18,21,23). The van der Waals surface area contributed by atoms with Crippen LogP contribution in [-0.4, -0.2) is 32.1 Å². The summed E-state index contributed by atoms with van der Waals surface area (Å²) in [5.74, 6) is 0.334. The predicted octanol–water partition coefficient (Wildman–Crippen LogP) is 4.31. The summed E-state index contributed by atoms with van der Waals surface area (Å²) in [6, 6.07) is 7.08. The molecule has 3 rings (SSSR count). The summed E-state index contributed by atoms with van der Waals surface area (Å²) in [4.78, 5) is 12.0. The van der Waals surface area contributed by atoms with Gasteiger partial charge in [0.15, 0.2) is 0 Å². The van der Waals surface area contributed by atoms with E-state index in [0.29, 0.717) is 21.3 Å². The van der Waals surface area contributed by atoms with Crippen molar-refractivity contribution in [1.82, 2.24) is 20.4 Å². The number of nitrogens with one attached hydrogen (secondary N) is 1. The molecule has 2 aromatic heterocycles. The molecule has 3 aromatic rings. The number of nitrogens with zero attached hydrogens (tertiary/aromatic N) is 4. The van der Waals surface area contributed by atoms with E-state index in [4.69, 9.17) is 16.0 Å². The molecule has 7 nitrogen and oxygen atoms in total. The topological polar surface area (TPSA) is 93.8 Å². The lowest BCUT2D eigenvalue weighted by atomic mass is 10.2. The Morgan fingerprint density at radius 3 is 2.81 bits per heavy atom. The van der Waals surface area contributed by atoms with Crippen LogP contribution in [0, 0.1) is 0 Å². The third-order valence-corrected chi connectivity index (χ3v) is 5.25. The van der Waals surface area contributed by atoms with E-state index in [0.717, 1.165) is 29.8 Å². The first kappa shape index (κ1) is 18.8. The number of amides is 1. The SMILES string of the molecule is CCCCc1nnc(NC(=O)CSc2nnc(-c3ccc(Cl)cc3)o2)s1. The van der Waals surface area contributed by atoms with Crippen molar-refractivity contribution in [2.45, 2.75) is 31.4 Å². The normalized spacial score (nSPS) is 10.8. The molecule has 1 amide bonds. The molecule has 0 saturated carbocycles. The smallest absolute Gasteiger partial charge is 0.277 e. The second-order valence-electron chi connectivity index (χ2n) is 5.32. The minimum Gasteiger partial charge on any atom is -0.411 e. The molecule has 0 saturated heterocycles. The van der Waals surface area contributed by atoms with Gasteiger partial charge in [0, 0.05) is 17.0 Å². The van der Waals surface area contributed by atoms with E-state index in [1.54, 1.807) is 24.3 Å². The fraction of sp³-hybridized carbons (Fsp3) is 0.312. The van der Waals surface area contributed by atoms with Gasteiger partial charge in [-0.25, -0.2) is 0 Å². The van der Waals surface area contributed by atoms with Crippen LogP contribution in [0.25, 0.3) is 11.5 Å². The number of thioether (sulfide) groups is 1. The van der Waals surface area contributed by atoms with Gasteiger partial charge in [0.25, 0.3) is 5.22 Å². The van der Waals surface area contributed by atoms with E-state index in [-0.39, 0.29) is 11.7 Å².